The Morgan fingerprint density at radius 3 is 2.66 bits per heavy atom. The third kappa shape index (κ3) is 3.70. The number of rotatable bonds is 5. The molecule has 1 aromatic carbocycles. The van der Waals surface area contributed by atoms with Crippen molar-refractivity contribution in [3.63, 3.8) is 0 Å². The Kier molecular flexibility index (Phi) is 5.08. The summed E-state index contributed by atoms with van der Waals surface area (Å²) < 4.78 is 25.9. The van der Waals surface area contributed by atoms with E-state index >= 15 is 0 Å². The van der Waals surface area contributed by atoms with Crippen molar-refractivity contribution in [2.75, 3.05) is 16.8 Å². The van der Waals surface area contributed by atoms with Crippen molar-refractivity contribution >= 4 is 32.5 Å². The van der Waals surface area contributed by atoms with Gasteiger partial charge in [0.05, 0.1) is 34.2 Å². The molecule has 1 saturated carbocycles. The predicted molar refractivity (Wildman–Crippen MR) is 125 cm³/mol. The van der Waals surface area contributed by atoms with E-state index in [4.69, 9.17) is 4.98 Å². The highest BCUT2D eigenvalue weighted by Gasteiger charge is 2.34. The van der Waals surface area contributed by atoms with Gasteiger partial charge in [0.25, 0.3) is 5.91 Å². The lowest BCUT2D eigenvalue weighted by atomic mass is 10.0. The summed E-state index contributed by atoms with van der Waals surface area (Å²) in [6.45, 7) is 5.93. The van der Waals surface area contributed by atoms with Crippen LogP contribution >= 0.6 is 0 Å². The van der Waals surface area contributed by atoms with Gasteiger partial charge in [-0.1, -0.05) is 25.1 Å². The molecule has 2 fully saturated rings. The molecule has 1 amide bonds. The van der Waals surface area contributed by atoms with Crippen LogP contribution in [0.4, 0.5) is 5.69 Å². The van der Waals surface area contributed by atoms with E-state index in [2.05, 4.69) is 17.3 Å². The highest BCUT2D eigenvalue weighted by molar-refractivity contribution is 7.91. The van der Waals surface area contributed by atoms with E-state index in [0.717, 1.165) is 41.8 Å². The molecule has 8 heteroatoms. The number of nitrogens with zero attached hydrogens (tertiary/aromatic N) is 3. The number of aromatic nitrogens is 3. The van der Waals surface area contributed by atoms with Gasteiger partial charge >= 0.3 is 0 Å². The molecular formula is C24H28N4O3S. The second-order valence-corrected chi connectivity index (χ2v) is 11.3. The summed E-state index contributed by atoms with van der Waals surface area (Å²) in [4.78, 5) is 18.4. The zero-order chi connectivity index (χ0) is 22.6. The number of para-hydroxylation sites is 1. The molecule has 3 aromatic rings. The number of amides is 1. The number of fused-ring (bicyclic) bond motifs is 1. The highest BCUT2D eigenvalue weighted by atomic mass is 32.2. The number of carbonyl (C=O) groups excluding carboxylic acids is 1. The van der Waals surface area contributed by atoms with Crippen LogP contribution in [0.25, 0.3) is 11.0 Å². The molecule has 1 saturated heterocycles. The highest BCUT2D eigenvalue weighted by Crippen LogP contribution is 2.41. The summed E-state index contributed by atoms with van der Waals surface area (Å²) in [5.41, 5.74) is 5.75. The van der Waals surface area contributed by atoms with Crippen LogP contribution in [0.1, 0.15) is 71.0 Å². The van der Waals surface area contributed by atoms with Gasteiger partial charge in [-0.05, 0) is 56.7 Å². The first-order valence-corrected chi connectivity index (χ1v) is 13.1. The quantitative estimate of drug-likeness (QED) is 0.629. The number of benzene rings is 1. The standard InChI is InChI=1S/C24H28N4O3S/c1-4-16-7-5-6-14(2)22(16)26-24(29)19-12-20(17-8-9-17)25-23-21(19)15(3)27-28(23)18-10-11-32(30,31)13-18/h5-7,12,17-18H,4,8-11,13H2,1-3H3,(H,26,29)/t18-/m0/s1. The van der Waals surface area contributed by atoms with Gasteiger partial charge in [0.15, 0.2) is 15.5 Å². The van der Waals surface area contributed by atoms with Crippen molar-refractivity contribution in [3.05, 3.63) is 52.3 Å². The fourth-order valence-electron chi connectivity index (χ4n) is 4.71. The Labute approximate surface area is 188 Å². The summed E-state index contributed by atoms with van der Waals surface area (Å²) in [5, 5.41) is 8.52. The maximum atomic E-state index is 13.6. The smallest absolute Gasteiger partial charge is 0.256 e. The first-order chi connectivity index (χ1) is 15.3. The second kappa shape index (κ2) is 7.69. The average Bonchev–Trinajstić information content (AvgIpc) is 3.47. The Morgan fingerprint density at radius 2 is 2.00 bits per heavy atom. The van der Waals surface area contributed by atoms with Crippen molar-refractivity contribution in [1.29, 1.82) is 0 Å². The van der Waals surface area contributed by atoms with Crippen LogP contribution in [-0.2, 0) is 16.3 Å². The van der Waals surface area contributed by atoms with Crippen LogP contribution in [-0.4, -0.2) is 40.6 Å². The van der Waals surface area contributed by atoms with Crippen LogP contribution in [0.3, 0.4) is 0 Å². The monoisotopic (exact) mass is 452 g/mol. The summed E-state index contributed by atoms with van der Waals surface area (Å²) in [7, 11) is -3.06. The van der Waals surface area contributed by atoms with E-state index < -0.39 is 9.84 Å². The maximum Gasteiger partial charge on any atom is 0.256 e. The molecule has 1 atom stereocenters. The summed E-state index contributed by atoms with van der Waals surface area (Å²) in [5.74, 6) is 0.417. The Balaban J connectivity index is 1.62. The first-order valence-electron chi connectivity index (χ1n) is 11.3. The molecule has 1 N–H and O–H groups in total. The average molecular weight is 453 g/mol. The number of pyridine rings is 1. The number of nitrogens with one attached hydrogen (secondary N) is 1. The molecule has 0 spiro atoms. The van der Waals surface area contributed by atoms with Crippen LogP contribution < -0.4 is 5.32 Å². The van der Waals surface area contributed by atoms with E-state index in [-0.39, 0.29) is 23.5 Å². The third-order valence-corrected chi connectivity index (χ3v) is 8.38. The molecule has 1 aliphatic heterocycles. The minimum Gasteiger partial charge on any atom is -0.321 e. The molecule has 168 valence electrons. The van der Waals surface area contributed by atoms with Gasteiger partial charge in [-0.25, -0.2) is 18.1 Å². The lowest BCUT2D eigenvalue weighted by molar-refractivity contribution is 0.102. The summed E-state index contributed by atoms with van der Waals surface area (Å²) in [6.07, 6.45) is 3.46. The van der Waals surface area contributed by atoms with Crippen molar-refractivity contribution in [2.45, 2.75) is 58.4 Å². The maximum absolute atomic E-state index is 13.6. The number of sulfone groups is 1. The van der Waals surface area contributed by atoms with Crippen molar-refractivity contribution in [3.8, 4) is 0 Å². The molecule has 7 nitrogen and oxygen atoms in total. The van der Waals surface area contributed by atoms with E-state index in [1.807, 2.05) is 38.1 Å². The van der Waals surface area contributed by atoms with Gasteiger partial charge in [0, 0.05) is 17.3 Å². The topological polar surface area (TPSA) is 93.9 Å². The number of anilines is 1. The fourth-order valence-corrected chi connectivity index (χ4v) is 6.40. The van der Waals surface area contributed by atoms with Gasteiger partial charge < -0.3 is 5.32 Å². The van der Waals surface area contributed by atoms with Gasteiger partial charge in [0.2, 0.25) is 0 Å². The molecule has 32 heavy (non-hydrogen) atoms. The molecule has 0 radical (unpaired) electrons. The van der Waals surface area contributed by atoms with E-state index in [0.29, 0.717) is 34.6 Å². The van der Waals surface area contributed by atoms with Crippen LogP contribution in [0.5, 0.6) is 0 Å². The first kappa shape index (κ1) is 21.1. The lowest BCUT2D eigenvalue weighted by Gasteiger charge is -2.15. The zero-order valence-corrected chi connectivity index (χ0v) is 19.5. The molecule has 5 rings (SSSR count). The minimum absolute atomic E-state index is 0.0726. The molecule has 2 aliphatic rings. The number of hydrogen-bond donors (Lipinski definition) is 1. The molecule has 1 aliphatic carbocycles. The van der Waals surface area contributed by atoms with Crippen LogP contribution in [0.2, 0.25) is 0 Å². The molecule has 0 unspecified atom stereocenters. The predicted octanol–water partition coefficient (Wildman–Crippen LogP) is 4.10. The summed E-state index contributed by atoms with van der Waals surface area (Å²) in [6, 6.07) is 7.70. The zero-order valence-electron chi connectivity index (χ0n) is 18.7. The summed E-state index contributed by atoms with van der Waals surface area (Å²) >= 11 is 0. The minimum atomic E-state index is -3.06. The van der Waals surface area contributed by atoms with E-state index in [1.54, 1.807) is 4.68 Å². The van der Waals surface area contributed by atoms with Crippen molar-refractivity contribution in [2.24, 2.45) is 0 Å². The van der Waals surface area contributed by atoms with Gasteiger partial charge in [-0.15, -0.1) is 0 Å². The normalized spacial score (nSPS) is 20.0. The Hall–Kier alpha value is -2.74. The molecule has 3 heterocycles. The van der Waals surface area contributed by atoms with Crippen molar-refractivity contribution in [1.82, 2.24) is 14.8 Å². The number of aryl methyl sites for hydroxylation is 3. The largest absolute Gasteiger partial charge is 0.321 e. The number of hydrogen-bond acceptors (Lipinski definition) is 5. The van der Waals surface area contributed by atoms with Gasteiger partial charge in [-0.2, -0.15) is 5.10 Å². The molecule has 0 bridgehead atoms. The van der Waals surface area contributed by atoms with Crippen LogP contribution in [0.15, 0.2) is 24.3 Å². The van der Waals surface area contributed by atoms with Gasteiger partial charge in [-0.3, -0.25) is 4.79 Å². The second-order valence-electron chi connectivity index (χ2n) is 9.07. The van der Waals surface area contributed by atoms with Crippen LogP contribution in [0, 0.1) is 13.8 Å². The van der Waals surface area contributed by atoms with E-state index in [1.165, 1.54) is 0 Å². The lowest BCUT2D eigenvalue weighted by Crippen LogP contribution is -2.16. The Morgan fingerprint density at radius 1 is 1.22 bits per heavy atom. The van der Waals surface area contributed by atoms with Gasteiger partial charge in [0.1, 0.15) is 0 Å². The molecule has 2 aromatic heterocycles. The Bertz CT molecular complexity index is 1340. The fraction of sp³-hybridized carbons (Fsp3) is 0.458. The SMILES string of the molecule is CCc1cccc(C)c1NC(=O)c1cc(C2CC2)nc2c1c(C)nn2[C@H]1CCS(=O)(=O)C1. The van der Waals surface area contributed by atoms with Crippen molar-refractivity contribution < 1.29 is 13.2 Å². The molecular weight excluding hydrogens is 424 g/mol. The number of carbonyl (C=O) groups is 1. The van der Waals surface area contributed by atoms with E-state index in [9.17, 15) is 13.2 Å². The third-order valence-electron chi connectivity index (χ3n) is 6.63.